The van der Waals surface area contributed by atoms with Crippen molar-refractivity contribution in [3.05, 3.63) is 216 Å². The lowest BCUT2D eigenvalue weighted by atomic mass is 9.87. The number of aromatic nitrogens is 6. The van der Waals surface area contributed by atoms with Crippen LogP contribution in [-0.4, -0.2) is 29.9 Å². The number of aromatic amines is 2. The van der Waals surface area contributed by atoms with E-state index in [2.05, 4.69) is 245 Å². The first-order valence-corrected chi connectivity index (χ1v) is 26.9. The number of benzene rings is 5. The van der Waals surface area contributed by atoms with Gasteiger partial charge in [0.05, 0.1) is 22.8 Å². The first-order valence-electron chi connectivity index (χ1n) is 26.9. The molecule has 0 atom stereocenters. The Morgan fingerprint density at radius 3 is 0.882 bits per heavy atom. The highest BCUT2D eigenvalue weighted by atomic mass is 14.8. The van der Waals surface area contributed by atoms with Crippen LogP contribution in [0.25, 0.3) is 123 Å². The van der Waals surface area contributed by atoms with Crippen LogP contribution >= 0.6 is 0 Å². The fourth-order valence-corrected chi connectivity index (χ4v) is 11.0. The largest absolute Gasteiger partial charge is 0.354 e. The summed E-state index contributed by atoms with van der Waals surface area (Å²) in [4.78, 5) is 28.7. The molecule has 5 aromatic heterocycles. The van der Waals surface area contributed by atoms with Gasteiger partial charge in [-0.2, -0.15) is 0 Å². The number of rotatable bonds is 10. The normalized spacial score (nSPS) is 12.1. The molecule has 372 valence electrons. The lowest BCUT2D eigenvalue weighted by molar-refractivity contribution is 0.867. The molecule has 0 unspecified atom stereocenters. The Morgan fingerprint density at radius 1 is 0.289 bits per heavy atom. The number of pyridine rings is 2. The van der Waals surface area contributed by atoms with Gasteiger partial charge in [0.2, 0.25) is 0 Å². The van der Waals surface area contributed by atoms with Crippen molar-refractivity contribution in [2.75, 3.05) is 0 Å². The predicted molar refractivity (Wildman–Crippen MR) is 319 cm³/mol. The van der Waals surface area contributed by atoms with Crippen molar-refractivity contribution in [1.82, 2.24) is 29.9 Å². The minimum atomic E-state index is 0.371. The van der Waals surface area contributed by atoms with Gasteiger partial charge in [0.1, 0.15) is 0 Å². The van der Waals surface area contributed by atoms with Crippen molar-refractivity contribution >= 4 is 34.2 Å². The summed E-state index contributed by atoms with van der Waals surface area (Å²) in [7, 11) is 0. The summed E-state index contributed by atoms with van der Waals surface area (Å²) in [5, 5.41) is 0. The van der Waals surface area contributed by atoms with E-state index >= 15 is 0 Å². The van der Waals surface area contributed by atoms with Crippen LogP contribution in [0.15, 0.2) is 183 Å². The van der Waals surface area contributed by atoms with Gasteiger partial charge >= 0.3 is 0 Å². The number of nitrogens with zero attached hydrogens (tertiary/aromatic N) is 4. The Hall–Kier alpha value is -8.74. The van der Waals surface area contributed by atoms with Crippen LogP contribution in [0, 0.1) is 0 Å². The van der Waals surface area contributed by atoms with Gasteiger partial charge in [0.15, 0.2) is 0 Å². The molecule has 0 amide bonds. The third-order valence-corrected chi connectivity index (χ3v) is 15.4. The van der Waals surface area contributed by atoms with E-state index < -0.39 is 0 Å². The average Bonchev–Trinajstić information content (AvgIpc) is 4.40. The molecular formula is C70H62N6. The smallest absolute Gasteiger partial charge is 0.0816 e. The van der Waals surface area contributed by atoms with E-state index in [4.69, 9.17) is 9.97 Å². The zero-order chi connectivity index (χ0) is 52.2. The highest BCUT2D eigenvalue weighted by molar-refractivity contribution is 6.07. The third-order valence-electron chi connectivity index (χ3n) is 15.4. The van der Waals surface area contributed by atoms with Crippen molar-refractivity contribution in [2.45, 2.75) is 79.1 Å². The lowest BCUT2D eigenvalue weighted by Gasteiger charge is -2.16. The lowest BCUT2D eigenvalue weighted by Crippen LogP contribution is -1.92. The first kappa shape index (κ1) is 48.2. The van der Waals surface area contributed by atoms with E-state index in [-0.39, 0.29) is 0 Å². The van der Waals surface area contributed by atoms with E-state index in [0.29, 0.717) is 23.7 Å². The van der Waals surface area contributed by atoms with Gasteiger partial charge in [0, 0.05) is 80.2 Å². The fourth-order valence-electron chi connectivity index (χ4n) is 11.0. The van der Waals surface area contributed by atoms with Gasteiger partial charge in [-0.1, -0.05) is 152 Å². The SMILES string of the molecule is CC(C)c1ccc(-c2c3nc(c(-c4ccc(C(C)C)cc4)c4ccc([nH]4)c(-c4ccc(C(C)C)cc4)c4nc(c(-c5ccc(C(C)C)cc5)c5ccc2[nH]5)-c2cc(-c5ccncc5)c(-c5ccncc5)cc2-4)C=C3)cc1. The van der Waals surface area contributed by atoms with E-state index in [0.717, 1.165) is 123 Å². The Kier molecular flexibility index (Phi) is 12.6. The molecule has 12 rings (SSSR count). The zero-order valence-corrected chi connectivity index (χ0v) is 44.6. The number of fused-ring (bicyclic) bond motifs is 11. The van der Waals surface area contributed by atoms with Gasteiger partial charge in [-0.05, 0) is 163 Å². The second kappa shape index (κ2) is 19.8. The average molecular weight is 987 g/mol. The molecule has 2 aliphatic rings. The molecule has 5 aromatic carbocycles. The summed E-state index contributed by atoms with van der Waals surface area (Å²) in [6, 6.07) is 58.3. The second-order valence-electron chi connectivity index (χ2n) is 21.6. The molecule has 0 saturated carbocycles. The van der Waals surface area contributed by atoms with Crippen LogP contribution in [-0.2, 0) is 0 Å². The summed E-state index contributed by atoms with van der Waals surface area (Å²) in [6.07, 6.45) is 11.9. The van der Waals surface area contributed by atoms with Gasteiger partial charge in [-0.25, -0.2) is 9.97 Å². The Balaban J connectivity index is 1.29. The highest BCUT2D eigenvalue weighted by Gasteiger charge is 2.28. The van der Waals surface area contributed by atoms with Crippen LogP contribution in [0.4, 0.5) is 0 Å². The maximum absolute atomic E-state index is 6.04. The monoisotopic (exact) mass is 987 g/mol. The summed E-state index contributed by atoms with van der Waals surface area (Å²) < 4.78 is 0. The second-order valence-corrected chi connectivity index (χ2v) is 21.6. The van der Waals surface area contributed by atoms with Gasteiger partial charge in [0.25, 0.3) is 0 Å². The Labute approximate surface area is 446 Å². The van der Waals surface area contributed by atoms with Crippen molar-refractivity contribution in [3.8, 4) is 89.3 Å². The summed E-state index contributed by atoms with van der Waals surface area (Å²) in [5.74, 6) is 1.54. The molecule has 0 radical (unpaired) electrons. The molecule has 0 aliphatic carbocycles. The molecule has 2 aliphatic heterocycles. The van der Waals surface area contributed by atoms with Gasteiger partial charge in [-0.15, -0.1) is 0 Å². The molecule has 10 aromatic rings. The zero-order valence-electron chi connectivity index (χ0n) is 44.6. The van der Waals surface area contributed by atoms with E-state index in [9.17, 15) is 0 Å². The quantitative estimate of drug-likeness (QED) is 0.143. The van der Waals surface area contributed by atoms with Gasteiger partial charge in [-0.3, -0.25) is 9.97 Å². The Morgan fingerprint density at radius 2 is 0.579 bits per heavy atom. The third kappa shape index (κ3) is 8.87. The van der Waals surface area contributed by atoms with E-state index in [1.807, 2.05) is 24.8 Å². The minimum absolute atomic E-state index is 0.371. The van der Waals surface area contributed by atoms with Crippen LogP contribution < -0.4 is 0 Å². The van der Waals surface area contributed by atoms with Crippen molar-refractivity contribution in [3.63, 3.8) is 0 Å². The van der Waals surface area contributed by atoms with E-state index in [1.165, 1.54) is 22.3 Å². The van der Waals surface area contributed by atoms with Crippen LogP contribution in [0.2, 0.25) is 0 Å². The first-order chi connectivity index (χ1) is 37.0. The van der Waals surface area contributed by atoms with Crippen LogP contribution in [0.3, 0.4) is 0 Å². The Bertz CT molecular complexity index is 3730. The molecule has 2 N–H and O–H groups in total. The van der Waals surface area contributed by atoms with Crippen molar-refractivity contribution in [1.29, 1.82) is 0 Å². The summed E-state index contributed by atoms with van der Waals surface area (Å²) in [6.45, 7) is 18.0. The maximum atomic E-state index is 6.04. The highest BCUT2D eigenvalue weighted by Crippen LogP contribution is 2.50. The molecule has 6 nitrogen and oxygen atoms in total. The van der Waals surface area contributed by atoms with Crippen molar-refractivity contribution in [2.24, 2.45) is 0 Å². The predicted octanol–water partition coefficient (Wildman–Crippen LogP) is 19.1. The molecule has 0 spiro atoms. The molecule has 76 heavy (non-hydrogen) atoms. The summed E-state index contributed by atoms with van der Waals surface area (Å²) >= 11 is 0. The molecule has 6 heteroatoms. The molecule has 0 fully saturated rings. The number of nitrogens with one attached hydrogen (secondary N) is 2. The fraction of sp³-hybridized carbons (Fsp3) is 0.171. The maximum Gasteiger partial charge on any atom is 0.0816 e. The van der Waals surface area contributed by atoms with Crippen LogP contribution in [0.1, 0.15) is 113 Å². The number of hydrogen-bond donors (Lipinski definition) is 2. The molecule has 7 heterocycles. The van der Waals surface area contributed by atoms with Crippen LogP contribution in [0.5, 0.6) is 0 Å². The van der Waals surface area contributed by atoms with E-state index in [1.54, 1.807) is 0 Å². The number of H-pyrrole nitrogens is 2. The minimum Gasteiger partial charge on any atom is -0.354 e. The van der Waals surface area contributed by atoms with Crippen molar-refractivity contribution < 1.29 is 0 Å². The topological polar surface area (TPSA) is 83.1 Å². The summed E-state index contributed by atoms with van der Waals surface area (Å²) in [5.41, 5.74) is 27.3. The standard InChI is InChI=1S/C70H62N6/c1-41(2)45-9-17-51(18-10-45)65-59-25-26-60(73-59)66(52-19-11-46(12-20-52)42(3)4)62-28-30-64(75-62)68(54-23-15-48(16-24-54)44(7)8)70-58-40-56(50-33-37-72-38-34-50)55(49-31-35-71-36-32-49)39-57(58)69(76-70)67(63-29-27-61(65)74-63)53-21-13-47(14-22-53)43(5)6/h9-44,74-75H,1-8H3. The van der Waals surface area contributed by atoms with Gasteiger partial charge < -0.3 is 9.97 Å². The molecular weight excluding hydrogens is 925 g/mol. The molecule has 8 bridgehead atoms. The molecule has 0 saturated heterocycles. The number of hydrogen-bond acceptors (Lipinski definition) is 4.